The van der Waals surface area contributed by atoms with Crippen molar-refractivity contribution < 1.29 is 4.21 Å². The van der Waals surface area contributed by atoms with Crippen molar-refractivity contribution in [1.82, 2.24) is 4.72 Å². The van der Waals surface area contributed by atoms with E-state index in [4.69, 9.17) is 0 Å². The van der Waals surface area contributed by atoms with Crippen molar-refractivity contribution in [3.63, 3.8) is 0 Å². The third-order valence-corrected chi connectivity index (χ3v) is 6.42. The average Bonchev–Trinajstić information content (AvgIpc) is 2.55. The summed E-state index contributed by atoms with van der Waals surface area (Å²) in [6, 6.07) is 0.557. The first-order valence-corrected chi connectivity index (χ1v) is 6.53. The van der Waals surface area contributed by atoms with E-state index in [0.717, 1.165) is 11.7 Å². The molecule has 3 rings (SSSR count). The van der Waals surface area contributed by atoms with Gasteiger partial charge < -0.3 is 0 Å². The molecular weight excluding hydrogens is 182 g/mol. The van der Waals surface area contributed by atoms with Crippen LogP contribution in [0.1, 0.15) is 33.1 Å². The first kappa shape index (κ1) is 8.42. The molecule has 1 heterocycles. The molecule has 2 bridgehead atoms. The zero-order valence-electron chi connectivity index (χ0n) is 8.30. The molecular formula is C10H17NOS. The Bertz CT molecular complexity index is 289. The van der Waals surface area contributed by atoms with Crippen molar-refractivity contribution in [3.8, 4) is 0 Å². The maximum absolute atomic E-state index is 11.5. The molecule has 1 aliphatic heterocycles. The smallest absolute Gasteiger partial charge is 0.0924 e. The van der Waals surface area contributed by atoms with E-state index in [1.807, 2.05) is 0 Å². The van der Waals surface area contributed by atoms with Crippen LogP contribution in [0.2, 0.25) is 0 Å². The van der Waals surface area contributed by atoms with E-state index in [-0.39, 0.29) is 0 Å². The normalized spacial score (nSPS) is 56.9. The van der Waals surface area contributed by atoms with Gasteiger partial charge in [-0.3, -0.25) is 0 Å². The predicted molar refractivity (Wildman–Crippen MR) is 53.5 cm³/mol. The first-order valence-electron chi connectivity index (χ1n) is 5.21. The molecule has 3 heteroatoms. The molecule has 13 heavy (non-hydrogen) atoms. The van der Waals surface area contributed by atoms with Crippen molar-refractivity contribution >= 4 is 11.0 Å². The number of hydrogen-bond acceptors (Lipinski definition) is 1. The van der Waals surface area contributed by atoms with Gasteiger partial charge in [0.2, 0.25) is 0 Å². The second-order valence-electron chi connectivity index (χ2n) is 5.51. The van der Waals surface area contributed by atoms with E-state index < -0.39 is 11.0 Å². The van der Waals surface area contributed by atoms with Crippen molar-refractivity contribution in [3.05, 3.63) is 0 Å². The fourth-order valence-electron chi connectivity index (χ4n) is 4.02. The van der Waals surface area contributed by atoms with Crippen molar-refractivity contribution in [2.45, 2.75) is 39.2 Å². The van der Waals surface area contributed by atoms with Gasteiger partial charge in [0.05, 0.1) is 11.0 Å². The Labute approximate surface area is 82.1 Å². The molecule has 0 unspecified atom stereocenters. The number of nitrogens with one attached hydrogen (secondary N) is 1. The number of fused-ring (bicyclic) bond motifs is 1. The lowest BCUT2D eigenvalue weighted by Crippen LogP contribution is -2.39. The highest BCUT2D eigenvalue weighted by Gasteiger charge is 2.67. The predicted octanol–water partition coefficient (Wildman–Crippen LogP) is 1.45. The minimum atomic E-state index is -0.741. The topological polar surface area (TPSA) is 29.1 Å². The quantitative estimate of drug-likeness (QED) is 0.628. The van der Waals surface area contributed by atoms with Gasteiger partial charge in [0.1, 0.15) is 0 Å². The van der Waals surface area contributed by atoms with Gasteiger partial charge in [0.25, 0.3) is 0 Å². The molecule has 3 fully saturated rings. The Kier molecular flexibility index (Phi) is 1.42. The van der Waals surface area contributed by atoms with E-state index in [1.54, 1.807) is 0 Å². The summed E-state index contributed by atoms with van der Waals surface area (Å²) in [6.45, 7) is 4.77. The van der Waals surface area contributed by atoms with Gasteiger partial charge in [-0.15, -0.1) is 0 Å². The first-order chi connectivity index (χ1) is 6.06. The molecule has 1 spiro atoms. The summed E-state index contributed by atoms with van der Waals surface area (Å²) < 4.78 is 14.8. The van der Waals surface area contributed by atoms with Crippen LogP contribution in [0.25, 0.3) is 0 Å². The van der Waals surface area contributed by atoms with Gasteiger partial charge in [-0.1, -0.05) is 13.8 Å². The van der Waals surface area contributed by atoms with Crippen LogP contribution in [0.3, 0.4) is 0 Å². The van der Waals surface area contributed by atoms with Crippen LogP contribution in [0.5, 0.6) is 0 Å². The Morgan fingerprint density at radius 3 is 2.85 bits per heavy atom. The second-order valence-corrected chi connectivity index (χ2v) is 6.72. The highest BCUT2D eigenvalue weighted by atomic mass is 32.2. The standard InChI is InChI=1S/C10H17NOS/c1-9(2)7-3-4-10(9)6-13(12)11-8(10)5-7/h7-8,11H,3-6H2,1-2H3/t7-,8-,10+,13+/m0/s1. The maximum Gasteiger partial charge on any atom is 0.0924 e. The molecule has 4 atom stereocenters. The fraction of sp³-hybridized carbons (Fsp3) is 1.00. The summed E-state index contributed by atoms with van der Waals surface area (Å²) in [4.78, 5) is 0. The summed E-state index contributed by atoms with van der Waals surface area (Å²) in [5.74, 6) is 1.78. The SMILES string of the molecule is CC1(C)[C@H]2CC[C@]13C[S@@](=O)N[C@H]3C2. The third-order valence-electron chi connectivity index (χ3n) is 5.09. The van der Waals surface area contributed by atoms with Crippen molar-refractivity contribution in [2.75, 3.05) is 5.75 Å². The average molecular weight is 199 g/mol. The minimum absolute atomic E-state index is 0.378. The van der Waals surface area contributed by atoms with Gasteiger partial charge in [-0.05, 0) is 30.6 Å². The highest BCUT2D eigenvalue weighted by Crippen LogP contribution is 2.67. The lowest BCUT2D eigenvalue weighted by atomic mass is 9.69. The Hall–Kier alpha value is 0.110. The Balaban J connectivity index is 2.09. The molecule has 0 aromatic heterocycles. The van der Waals surface area contributed by atoms with E-state index in [2.05, 4.69) is 18.6 Å². The molecule has 0 radical (unpaired) electrons. The van der Waals surface area contributed by atoms with Gasteiger partial charge in [0.15, 0.2) is 0 Å². The third kappa shape index (κ3) is 0.769. The summed E-state index contributed by atoms with van der Waals surface area (Å²) in [5.41, 5.74) is 0.805. The molecule has 74 valence electrons. The molecule has 3 aliphatic rings. The zero-order chi connectivity index (χ0) is 9.27. The number of rotatable bonds is 0. The molecule has 2 saturated carbocycles. The van der Waals surface area contributed by atoms with Crippen LogP contribution in [0.4, 0.5) is 0 Å². The Morgan fingerprint density at radius 1 is 1.46 bits per heavy atom. The van der Waals surface area contributed by atoms with Crippen LogP contribution >= 0.6 is 0 Å². The van der Waals surface area contributed by atoms with E-state index in [1.165, 1.54) is 19.3 Å². The summed E-state index contributed by atoms with van der Waals surface area (Å²) in [7, 11) is -0.741. The lowest BCUT2D eigenvalue weighted by molar-refractivity contribution is 0.146. The molecule has 2 aliphatic carbocycles. The lowest BCUT2D eigenvalue weighted by Gasteiger charge is -2.36. The summed E-state index contributed by atoms with van der Waals surface area (Å²) in [6.07, 6.45) is 3.93. The van der Waals surface area contributed by atoms with Crippen LogP contribution in [0.15, 0.2) is 0 Å². The minimum Gasteiger partial charge on any atom is -0.243 e. The number of hydrogen-bond donors (Lipinski definition) is 1. The van der Waals surface area contributed by atoms with E-state index >= 15 is 0 Å². The largest absolute Gasteiger partial charge is 0.243 e. The van der Waals surface area contributed by atoms with Gasteiger partial charge in [0, 0.05) is 17.2 Å². The zero-order valence-corrected chi connectivity index (χ0v) is 9.12. The summed E-state index contributed by atoms with van der Waals surface area (Å²) >= 11 is 0. The van der Waals surface area contributed by atoms with E-state index in [0.29, 0.717) is 16.9 Å². The van der Waals surface area contributed by atoms with Gasteiger partial charge in [-0.2, -0.15) is 0 Å². The fourth-order valence-corrected chi connectivity index (χ4v) is 5.93. The molecule has 0 aromatic carbocycles. The summed E-state index contributed by atoms with van der Waals surface area (Å²) in [5, 5.41) is 0. The van der Waals surface area contributed by atoms with E-state index in [9.17, 15) is 4.21 Å². The molecule has 1 N–H and O–H groups in total. The molecule has 2 nitrogen and oxygen atoms in total. The monoisotopic (exact) mass is 199 g/mol. The molecule has 0 amide bonds. The van der Waals surface area contributed by atoms with Gasteiger partial charge >= 0.3 is 0 Å². The highest BCUT2D eigenvalue weighted by molar-refractivity contribution is 7.83. The van der Waals surface area contributed by atoms with Crippen molar-refractivity contribution in [2.24, 2.45) is 16.7 Å². The molecule has 0 aromatic rings. The van der Waals surface area contributed by atoms with Gasteiger partial charge in [-0.25, -0.2) is 8.93 Å². The van der Waals surface area contributed by atoms with Crippen molar-refractivity contribution in [1.29, 1.82) is 0 Å². The van der Waals surface area contributed by atoms with Crippen LogP contribution in [-0.4, -0.2) is 16.0 Å². The van der Waals surface area contributed by atoms with Crippen LogP contribution in [0, 0.1) is 16.7 Å². The van der Waals surface area contributed by atoms with Crippen LogP contribution in [-0.2, 0) is 11.0 Å². The molecule has 1 saturated heterocycles. The van der Waals surface area contributed by atoms with Crippen LogP contribution < -0.4 is 4.72 Å². The Morgan fingerprint density at radius 2 is 2.23 bits per heavy atom. The second kappa shape index (κ2) is 2.19. The maximum atomic E-state index is 11.5.